The summed E-state index contributed by atoms with van der Waals surface area (Å²) in [6.07, 6.45) is 2.05. The third-order valence-corrected chi connectivity index (χ3v) is 14.1. The molecule has 6 heterocycles. The van der Waals surface area contributed by atoms with Crippen molar-refractivity contribution >= 4 is 52.6 Å². The number of fused-ring (bicyclic) bond motifs is 2. The van der Waals surface area contributed by atoms with Crippen LogP contribution in [0.15, 0.2) is 48.5 Å². The molecule has 5 aliphatic heterocycles. The number of nitrogens with zero attached hydrogens (tertiary/aromatic N) is 7. The number of pyridine rings is 1. The van der Waals surface area contributed by atoms with Crippen molar-refractivity contribution in [1.82, 2.24) is 25.0 Å². The molecule has 5 amide bonds. The van der Waals surface area contributed by atoms with Gasteiger partial charge in [-0.15, -0.1) is 0 Å². The molecule has 14 nitrogen and oxygen atoms in total. The molecular weight excluding hydrogens is 784 g/mol. The van der Waals surface area contributed by atoms with E-state index in [2.05, 4.69) is 53.8 Å². The number of aromatic nitrogens is 1. The molecule has 15 heteroatoms. The van der Waals surface area contributed by atoms with Gasteiger partial charge in [0.2, 0.25) is 11.8 Å². The molecule has 3 saturated heterocycles. The lowest BCUT2D eigenvalue weighted by molar-refractivity contribution is -0.199. The molecule has 0 bridgehead atoms. The smallest absolute Gasteiger partial charge is 0.262 e. The lowest BCUT2D eigenvalue weighted by Gasteiger charge is -2.65. The largest absolute Gasteiger partial charge is 0.489 e. The Morgan fingerprint density at radius 3 is 2.20 bits per heavy atom. The molecule has 312 valence electrons. The van der Waals surface area contributed by atoms with Gasteiger partial charge >= 0.3 is 0 Å². The van der Waals surface area contributed by atoms with Gasteiger partial charge in [0.1, 0.15) is 29.8 Å². The van der Waals surface area contributed by atoms with Crippen molar-refractivity contribution in [2.24, 2.45) is 16.7 Å². The molecule has 1 aromatic heterocycles. The summed E-state index contributed by atoms with van der Waals surface area (Å²) >= 11 is 6.30. The molecule has 3 aromatic rings. The molecule has 60 heavy (non-hydrogen) atoms. The van der Waals surface area contributed by atoms with Gasteiger partial charge < -0.3 is 19.4 Å². The number of amides is 5. The highest BCUT2D eigenvalue weighted by molar-refractivity contribution is 6.31. The molecule has 1 unspecified atom stereocenters. The molecule has 1 atom stereocenters. The first-order valence-corrected chi connectivity index (χ1v) is 21.3. The number of anilines is 2. The highest BCUT2D eigenvalue weighted by Gasteiger charge is 2.67. The van der Waals surface area contributed by atoms with Crippen LogP contribution in [0.3, 0.4) is 0 Å². The molecule has 9 rings (SSSR count). The summed E-state index contributed by atoms with van der Waals surface area (Å²) in [6.45, 7) is 15.2. The number of piperidine rings is 2. The number of hydrogen-bond acceptors (Lipinski definition) is 11. The van der Waals surface area contributed by atoms with E-state index in [1.807, 2.05) is 23.1 Å². The number of rotatable bonds is 8. The highest BCUT2D eigenvalue weighted by atomic mass is 35.5. The Morgan fingerprint density at radius 1 is 0.817 bits per heavy atom. The van der Waals surface area contributed by atoms with E-state index in [9.17, 15) is 29.2 Å². The van der Waals surface area contributed by atoms with Crippen LogP contribution in [0.5, 0.6) is 5.75 Å². The van der Waals surface area contributed by atoms with E-state index in [0.717, 1.165) is 80.8 Å². The van der Waals surface area contributed by atoms with Gasteiger partial charge in [-0.3, -0.25) is 39.1 Å². The fourth-order valence-corrected chi connectivity index (χ4v) is 11.4. The Morgan fingerprint density at radius 2 is 1.52 bits per heavy atom. The molecule has 0 radical (unpaired) electrons. The topological polar surface area (TPSA) is 159 Å². The summed E-state index contributed by atoms with van der Waals surface area (Å²) in [5, 5.41) is 11.9. The number of hydrogen-bond donors (Lipinski definition) is 1. The molecule has 6 aliphatic rings. The van der Waals surface area contributed by atoms with E-state index in [1.165, 1.54) is 0 Å². The second-order valence-electron chi connectivity index (χ2n) is 18.3. The number of piperazine rings is 1. The van der Waals surface area contributed by atoms with Crippen LogP contribution in [0.2, 0.25) is 5.02 Å². The van der Waals surface area contributed by atoms with Gasteiger partial charge in [0.15, 0.2) is 0 Å². The van der Waals surface area contributed by atoms with Crippen LogP contribution in [-0.2, 0) is 16.1 Å². The van der Waals surface area contributed by atoms with Crippen LogP contribution in [0, 0.1) is 28.1 Å². The number of imide groups is 2. The van der Waals surface area contributed by atoms with E-state index in [0.29, 0.717) is 45.5 Å². The average molecular weight is 833 g/mol. The van der Waals surface area contributed by atoms with Crippen molar-refractivity contribution in [3.05, 3.63) is 81.5 Å². The zero-order valence-electron chi connectivity index (χ0n) is 34.4. The van der Waals surface area contributed by atoms with E-state index in [4.69, 9.17) is 21.3 Å². The van der Waals surface area contributed by atoms with Crippen LogP contribution in [0.1, 0.15) is 95.7 Å². The number of nitrogens with one attached hydrogen (secondary N) is 1. The molecule has 2 aromatic carbocycles. The van der Waals surface area contributed by atoms with Crippen LogP contribution < -0.4 is 19.9 Å². The number of carbonyl (C=O) groups is 5. The second kappa shape index (κ2) is 14.9. The van der Waals surface area contributed by atoms with Crippen molar-refractivity contribution in [3.63, 3.8) is 0 Å². The highest BCUT2D eigenvalue weighted by Crippen LogP contribution is 2.59. The van der Waals surface area contributed by atoms with Gasteiger partial charge in [-0.1, -0.05) is 39.3 Å². The van der Waals surface area contributed by atoms with E-state index in [-0.39, 0.29) is 41.7 Å². The van der Waals surface area contributed by atoms with Crippen LogP contribution in [0.25, 0.3) is 0 Å². The van der Waals surface area contributed by atoms with Gasteiger partial charge in [0.25, 0.3) is 17.7 Å². The van der Waals surface area contributed by atoms with Gasteiger partial charge in [-0.25, -0.2) is 4.98 Å². The number of halogens is 1. The number of nitriles is 1. The summed E-state index contributed by atoms with van der Waals surface area (Å²) in [5.41, 5.74) is 2.65. The summed E-state index contributed by atoms with van der Waals surface area (Å²) in [7, 11) is 0. The molecule has 0 spiro atoms. The maximum atomic E-state index is 13.9. The number of ether oxygens (including phenoxy) is 1. The first-order chi connectivity index (χ1) is 28.6. The minimum Gasteiger partial charge on any atom is -0.489 e. The molecule has 1 N–H and O–H groups in total. The summed E-state index contributed by atoms with van der Waals surface area (Å²) < 4.78 is 6.49. The normalized spacial score (nSPS) is 25.2. The van der Waals surface area contributed by atoms with E-state index >= 15 is 0 Å². The Kier molecular flexibility index (Phi) is 9.90. The second-order valence-corrected chi connectivity index (χ2v) is 18.7. The van der Waals surface area contributed by atoms with Crippen molar-refractivity contribution in [3.8, 4) is 11.8 Å². The minimum absolute atomic E-state index is 0.00197. The Labute approximate surface area is 354 Å². The van der Waals surface area contributed by atoms with Gasteiger partial charge in [0, 0.05) is 80.9 Å². The van der Waals surface area contributed by atoms with Crippen molar-refractivity contribution in [2.75, 3.05) is 55.6 Å². The summed E-state index contributed by atoms with van der Waals surface area (Å²) in [6, 6.07) is 15.4. The van der Waals surface area contributed by atoms with Gasteiger partial charge in [0.05, 0.1) is 39.5 Å². The third kappa shape index (κ3) is 6.66. The number of benzene rings is 2. The lowest BCUT2D eigenvalue weighted by atomic mass is 9.49. The van der Waals surface area contributed by atoms with Crippen molar-refractivity contribution in [2.45, 2.75) is 78.1 Å². The SMILES string of the molecule is CC1(C)C(Oc2ccc(C#N)c(Cl)c2)C(C)(C)C1N1Cc2nc(N3CCN(CC4CCN(c5ccc6c(c5)C(=O)N(C5CCC(=O)NC5=O)C6=O)CC4)CC3)ccc2C1=O. The molecule has 1 saturated carbocycles. The Hall–Kier alpha value is -5.52. The third-order valence-electron chi connectivity index (χ3n) is 13.8. The zero-order chi connectivity index (χ0) is 42.2. The first-order valence-electron chi connectivity index (χ1n) is 20.9. The van der Waals surface area contributed by atoms with Crippen molar-refractivity contribution in [1.29, 1.82) is 5.26 Å². The molecule has 1 aliphatic carbocycles. The predicted molar refractivity (Wildman–Crippen MR) is 223 cm³/mol. The van der Waals surface area contributed by atoms with Crippen LogP contribution in [0.4, 0.5) is 11.5 Å². The maximum Gasteiger partial charge on any atom is 0.262 e. The van der Waals surface area contributed by atoms with Gasteiger partial charge in [-0.2, -0.15) is 5.26 Å². The summed E-state index contributed by atoms with van der Waals surface area (Å²) in [5.74, 6) is 0.0650. The quantitative estimate of drug-likeness (QED) is 0.308. The van der Waals surface area contributed by atoms with E-state index < -0.39 is 29.7 Å². The molecule has 4 fully saturated rings. The van der Waals surface area contributed by atoms with Crippen LogP contribution >= 0.6 is 11.6 Å². The average Bonchev–Trinajstić information content (AvgIpc) is 3.67. The fraction of sp³-hybridized carbons (Fsp3) is 0.489. The first kappa shape index (κ1) is 39.9. The Balaban J connectivity index is 0.766. The minimum atomic E-state index is -0.976. The predicted octanol–water partition coefficient (Wildman–Crippen LogP) is 4.88. The fourth-order valence-electron chi connectivity index (χ4n) is 11.1. The van der Waals surface area contributed by atoms with Crippen LogP contribution in [-0.4, -0.2) is 113 Å². The lowest BCUT2D eigenvalue weighted by Crippen LogP contribution is -2.74. The standard InChI is InChI=1S/C45H49ClN8O6/c1-44(2)42(45(3,4)43(44)60-29-7-5-27(23-47)33(46)22-29)53-25-34-31(39(53)57)9-11-36(48-34)52-19-17-50(18-20-52)24-26-13-15-51(16-14-26)28-6-8-30-32(21-28)41(59)54(40(30)58)35-10-12-37(55)49-38(35)56/h5-9,11,21-22,26,35,42-43H,10,12-20,24-25H2,1-4H3,(H,49,55,56). The summed E-state index contributed by atoms with van der Waals surface area (Å²) in [4.78, 5) is 79.7. The van der Waals surface area contributed by atoms with E-state index in [1.54, 1.807) is 30.3 Å². The monoisotopic (exact) mass is 832 g/mol. The van der Waals surface area contributed by atoms with Gasteiger partial charge in [-0.05, 0) is 67.6 Å². The van der Waals surface area contributed by atoms with Crippen molar-refractivity contribution < 1.29 is 28.7 Å². The maximum absolute atomic E-state index is 13.9. The Bertz CT molecular complexity index is 2340. The number of carbonyl (C=O) groups excluding carboxylic acids is 5. The molecular formula is C45H49ClN8O6. The zero-order valence-corrected chi connectivity index (χ0v) is 35.1.